The van der Waals surface area contributed by atoms with Gasteiger partial charge in [0.05, 0.1) is 7.11 Å². The lowest BCUT2D eigenvalue weighted by Crippen LogP contribution is -2.07. The van der Waals surface area contributed by atoms with Gasteiger partial charge in [0.15, 0.2) is 0 Å². The smallest absolute Gasteiger partial charge is 0.200 e. The number of rotatable bonds is 3. The highest BCUT2D eigenvalue weighted by Gasteiger charge is 2.21. The normalized spacial score (nSPS) is 10.4. The number of hydrogen-bond acceptors (Lipinski definition) is 3. The molecule has 2 aromatic rings. The first-order chi connectivity index (χ1) is 8.54. The molecule has 0 fully saturated rings. The predicted octanol–water partition coefficient (Wildman–Crippen LogP) is 3.74. The highest BCUT2D eigenvalue weighted by Crippen LogP contribution is 2.28. The number of aryl methyl sites for hydroxylation is 2. The second kappa shape index (κ2) is 4.90. The van der Waals surface area contributed by atoms with Crippen molar-refractivity contribution in [1.82, 2.24) is 0 Å². The van der Waals surface area contributed by atoms with Gasteiger partial charge in [0.25, 0.3) is 0 Å². The molecule has 94 valence electrons. The lowest BCUT2D eigenvalue weighted by atomic mass is 10.0. The Kier molecular flexibility index (Phi) is 3.48. The van der Waals surface area contributed by atoms with Crippen LogP contribution >= 0.6 is 11.3 Å². The van der Waals surface area contributed by atoms with Crippen molar-refractivity contribution < 1.29 is 13.9 Å². The number of halogens is 1. The van der Waals surface area contributed by atoms with Gasteiger partial charge in [-0.15, -0.1) is 11.3 Å². The van der Waals surface area contributed by atoms with E-state index in [1.807, 2.05) is 13.8 Å². The molecule has 0 unspecified atom stereocenters. The zero-order valence-electron chi connectivity index (χ0n) is 10.4. The Bertz CT molecular complexity index is 602. The summed E-state index contributed by atoms with van der Waals surface area (Å²) in [5.41, 5.74) is 0.543. The Morgan fingerprint density at radius 2 is 2.06 bits per heavy atom. The maximum Gasteiger partial charge on any atom is 0.200 e. The Hall–Kier alpha value is -1.68. The molecule has 1 aromatic heterocycles. The van der Waals surface area contributed by atoms with Gasteiger partial charge in [-0.25, -0.2) is 4.39 Å². The molecule has 0 saturated carbocycles. The number of carbonyl (C=O) groups is 1. The molecule has 0 amide bonds. The maximum absolute atomic E-state index is 13.8. The van der Waals surface area contributed by atoms with E-state index in [2.05, 4.69) is 0 Å². The molecule has 2 nitrogen and oxygen atoms in total. The van der Waals surface area contributed by atoms with Gasteiger partial charge in [-0.3, -0.25) is 4.79 Å². The van der Waals surface area contributed by atoms with Gasteiger partial charge < -0.3 is 4.74 Å². The van der Waals surface area contributed by atoms with E-state index >= 15 is 0 Å². The fourth-order valence-corrected chi connectivity index (χ4v) is 2.81. The number of thiophene rings is 1. The van der Waals surface area contributed by atoms with Gasteiger partial charge in [0.1, 0.15) is 17.1 Å². The first-order valence-electron chi connectivity index (χ1n) is 5.49. The van der Waals surface area contributed by atoms with Crippen LogP contribution in [0.2, 0.25) is 0 Å². The average Bonchev–Trinajstić information content (AvgIpc) is 2.67. The second-order valence-corrected chi connectivity index (χ2v) is 5.43. The van der Waals surface area contributed by atoms with Crippen LogP contribution in [-0.2, 0) is 0 Å². The Balaban J connectivity index is 2.56. The van der Waals surface area contributed by atoms with Crippen molar-refractivity contribution >= 4 is 17.1 Å². The first-order valence-corrected chi connectivity index (χ1v) is 6.30. The van der Waals surface area contributed by atoms with E-state index in [0.717, 1.165) is 9.75 Å². The van der Waals surface area contributed by atoms with Crippen LogP contribution in [0.4, 0.5) is 4.39 Å². The molecule has 1 heterocycles. The van der Waals surface area contributed by atoms with E-state index < -0.39 is 5.82 Å². The van der Waals surface area contributed by atoms with Crippen LogP contribution in [-0.4, -0.2) is 12.9 Å². The van der Waals surface area contributed by atoms with Crippen LogP contribution < -0.4 is 4.74 Å². The third-order valence-corrected chi connectivity index (χ3v) is 3.67. The van der Waals surface area contributed by atoms with Crippen molar-refractivity contribution in [3.63, 3.8) is 0 Å². The molecule has 0 aliphatic heterocycles. The van der Waals surface area contributed by atoms with E-state index in [4.69, 9.17) is 4.74 Å². The molecule has 0 atom stereocenters. The second-order valence-electron chi connectivity index (χ2n) is 3.97. The van der Waals surface area contributed by atoms with Crippen molar-refractivity contribution in [2.24, 2.45) is 0 Å². The minimum Gasteiger partial charge on any atom is -0.496 e. The fourth-order valence-electron chi connectivity index (χ4n) is 1.89. The maximum atomic E-state index is 13.8. The minimum atomic E-state index is -0.553. The molecule has 0 bridgehead atoms. The number of ketones is 1. The summed E-state index contributed by atoms with van der Waals surface area (Å²) < 4.78 is 18.9. The SMILES string of the molecule is COc1cccc(F)c1C(=O)c1cc(C)sc1C. The van der Waals surface area contributed by atoms with Crippen molar-refractivity contribution in [1.29, 1.82) is 0 Å². The number of carbonyl (C=O) groups excluding carboxylic acids is 1. The largest absolute Gasteiger partial charge is 0.496 e. The topological polar surface area (TPSA) is 26.3 Å². The van der Waals surface area contributed by atoms with E-state index in [0.29, 0.717) is 5.56 Å². The molecular weight excluding hydrogens is 251 g/mol. The van der Waals surface area contributed by atoms with Gasteiger partial charge in [0.2, 0.25) is 5.78 Å². The standard InChI is InChI=1S/C14H13FO2S/c1-8-7-10(9(2)18-8)14(16)13-11(15)5-4-6-12(13)17-3/h4-7H,1-3H3. The van der Waals surface area contributed by atoms with Crippen LogP contribution in [0.25, 0.3) is 0 Å². The van der Waals surface area contributed by atoms with Crippen molar-refractivity contribution in [2.75, 3.05) is 7.11 Å². The highest BCUT2D eigenvalue weighted by molar-refractivity contribution is 7.12. The van der Waals surface area contributed by atoms with Gasteiger partial charge >= 0.3 is 0 Å². The van der Waals surface area contributed by atoms with E-state index in [-0.39, 0.29) is 17.1 Å². The Labute approximate surface area is 109 Å². The summed E-state index contributed by atoms with van der Waals surface area (Å²) in [5, 5.41) is 0. The van der Waals surface area contributed by atoms with Gasteiger partial charge in [0, 0.05) is 15.3 Å². The summed E-state index contributed by atoms with van der Waals surface area (Å²) in [6.07, 6.45) is 0. The summed E-state index contributed by atoms with van der Waals surface area (Å²) in [6, 6.07) is 6.17. The number of ether oxygens (including phenoxy) is 1. The lowest BCUT2D eigenvalue weighted by Gasteiger charge is -2.08. The predicted molar refractivity (Wildman–Crippen MR) is 70.2 cm³/mol. The van der Waals surface area contributed by atoms with Gasteiger partial charge in [-0.05, 0) is 32.0 Å². The van der Waals surface area contributed by atoms with Crippen molar-refractivity contribution in [3.05, 3.63) is 51.0 Å². The molecule has 0 saturated heterocycles. The minimum absolute atomic E-state index is 0.000833. The average molecular weight is 264 g/mol. The molecule has 1 aromatic carbocycles. The van der Waals surface area contributed by atoms with Crippen LogP contribution in [0.1, 0.15) is 25.7 Å². The molecule has 18 heavy (non-hydrogen) atoms. The van der Waals surface area contributed by atoms with Crippen LogP contribution in [0.5, 0.6) is 5.75 Å². The molecular formula is C14H13FO2S. The van der Waals surface area contributed by atoms with Crippen molar-refractivity contribution in [2.45, 2.75) is 13.8 Å². The fraction of sp³-hybridized carbons (Fsp3) is 0.214. The zero-order valence-corrected chi connectivity index (χ0v) is 11.2. The molecule has 0 aliphatic rings. The van der Waals surface area contributed by atoms with Crippen LogP contribution in [0, 0.1) is 19.7 Å². The lowest BCUT2D eigenvalue weighted by molar-refractivity contribution is 0.103. The molecule has 0 aliphatic carbocycles. The summed E-state index contributed by atoms with van der Waals surface area (Å²) in [7, 11) is 1.43. The monoisotopic (exact) mass is 264 g/mol. The van der Waals surface area contributed by atoms with Crippen LogP contribution in [0.15, 0.2) is 24.3 Å². The Morgan fingerprint density at radius 3 is 2.61 bits per heavy atom. The van der Waals surface area contributed by atoms with E-state index in [9.17, 15) is 9.18 Å². The summed E-state index contributed by atoms with van der Waals surface area (Å²) in [5.74, 6) is -0.613. The van der Waals surface area contributed by atoms with E-state index in [1.54, 1.807) is 12.1 Å². The first kappa shape index (κ1) is 12.8. The Morgan fingerprint density at radius 1 is 1.33 bits per heavy atom. The summed E-state index contributed by atoms with van der Waals surface area (Å²) in [6.45, 7) is 3.78. The number of methoxy groups -OCH3 is 1. The molecule has 2 rings (SSSR count). The van der Waals surface area contributed by atoms with Crippen molar-refractivity contribution in [3.8, 4) is 5.75 Å². The molecule has 0 N–H and O–H groups in total. The zero-order chi connectivity index (χ0) is 13.3. The van der Waals surface area contributed by atoms with Crippen LogP contribution in [0.3, 0.4) is 0 Å². The summed E-state index contributed by atoms with van der Waals surface area (Å²) >= 11 is 1.53. The molecule has 4 heteroatoms. The van der Waals surface area contributed by atoms with E-state index in [1.165, 1.54) is 30.6 Å². The molecule has 0 spiro atoms. The third-order valence-electron chi connectivity index (χ3n) is 2.71. The highest BCUT2D eigenvalue weighted by atomic mass is 32.1. The third kappa shape index (κ3) is 2.16. The quantitative estimate of drug-likeness (QED) is 0.789. The van der Waals surface area contributed by atoms with Gasteiger partial charge in [-0.1, -0.05) is 6.07 Å². The van der Waals surface area contributed by atoms with Gasteiger partial charge in [-0.2, -0.15) is 0 Å². The molecule has 0 radical (unpaired) electrons. The number of benzene rings is 1. The number of hydrogen-bond donors (Lipinski definition) is 0. The summed E-state index contributed by atoms with van der Waals surface area (Å²) in [4.78, 5) is 14.3.